The molecule has 1 amide bonds. The molecule has 3 rings (SSSR count). The highest BCUT2D eigenvalue weighted by Gasteiger charge is 2.42. The minimum Gasteiger partial charge on any atom is -0.395 e. The molecule has 21 heavy (non-hydrogen) atoms. The van der Waals surface area contributed by atoms with Crippen LogP contribution in [0.1, 0.15) is 30.4 Å². The van der Waals surface area contributed by atoms with E-state index < -0.39 is 5.41 Å². The lowest BCUT2D eigenvalue weighted by Gasteiger charge is -2.38. The van der Waals surface area contributed by atoms with Crippen LogP contribution in [0.4, 0.5) is 0 Å². The Balaban J connectivity index is 1.81. The van der Waals surface area contributed by atoms with Gasteiger partial charge in [0.2, 0.25) is 5.91 Å². The number of aliphatic hydroxyl groups excluding tert-OH is 1. The van der Waals surface area contributed by atoms with Crippen LogP contribution in [0, 0.1) is 5.41 Å². The summed E-state index contributed by atoms with van der Waals surface area (Å²) in [6, 6.07) is 8.35. The molecule has 0 atom stereocenters. The zero-order valence-electron chi connectivity index (χ0n) is 12.4. The number of ether oxygens (including phenoxy) is 1. The molecule has 1 N–H and O–H groups in total. The molecule has 0 aromatic heterocycles. The molecule has 0 bridgehead atoms. The van der Waals surface area contributed by atoms with Gasteiger partial charge in [0.05, 0.1) is 12.0 Å². The number of benzene rings is 1. The van der Waals surface area contributed by atoms with E-state index in [1.165, 1.54) is 11.1 Å². The minimum atomic E-state index is -0.627. The van der Waals surface area contributed by atoms with E-state index in [0.717, 1.165) is 19.4 Å². The highest BCUT2D eigenvalue weighted by atomic mass is 16.5. The lowest BCUT2D eigenvalue weighted by atomic mass is 9.79. The Labute approximate surface area is 125 Å². The van der Waals surface area contributed by atoms with Gasteiger partial charge >= 0.3 is 0 Å². The van der Waals surface area contributed by atoms with E-state index in [1.54, 1.807) is 0 Å². The Bertz CT molecular complexity index is 509. The summed E-state index contributed by atoms with van der Waals surface area (Å²) < 4.78 is 5.36. The van der Waals surface area contributed by atoms with Gasteiger partial charge in [0, 0.05) is 26.3 Å². The van der Waals surface area contributed by atoms with Gasteiger partial charge in [0.1, 0.15) is 0 Å². The Hall–Kier alpha value is -1.39. The first kappa shape index (κ1) is 14.5. The lowest BCUT2D eigenvalue weighted by Crippen LogP contribution is -2.48. The van der Waals surface area contributed by atoms with E-state index in [9.17, 15) is 9.90 Å². The Kier molecular flexibility index (Phi) is 4.27. The van der Waals surface area contributed by atoms with Crippen molar-refractivity contribution in [1.82, 2.24) is 4.90 Å². The van der Waals surface area contributed by atoms with Crippen LogP contribution in [-0.4, -0.2) is 42.3 Å². The van der Waals surface area contributed by atoms with E-state index in [0.29, 0.717) is 32.6 Å². The van der Waals surface area contributed by atoms with Gasteiger partial charge < -0.3 is 14.7 Å². The molecule has 0 unspecified atom stereocenters. The first-order valence-electron chi connectivity index (χ1n) is 7.80. The average Bonchev–Trinajstić information content (AvgIpc) is 2.77. The summed E-state index contributed by atoms with van der Waals surface area (Å²) in [7, 11) is 0. The second-order valence-corrected chi connectivity index (χ2v) is 6.15. The molecular formula is C17H23NO3. The van der Waals surface area contributed by atoms with E-state index in [4.69, 9.17) is 4.74 Å². The minimum absolute atomic E-state index is 0.0761. The summed E-state index contributed by atoms with van der Waals surface area (Å²) in [6.07, 6.45) is 3.26. The van der Waals surface area contributed by atoms with Gasteiger partial charge in [-0.05, 0) is 36.8 Å². The van der Waals surface area contributed by atoms with Crippen LogP contribution < -0.4 is 0 Å². The number of hydrogen-bond donors (Lipinski definition) is 1. The summed E-state index contributed by atoms with van der Waals surface area (Å²) >= 11 is 0. The van der Waals surface area contributed by atoms with E-state index in [-0.39, 0.29) is 12.5 Å². The number of aryl methyl sites for hydroxylation is 1. The molecule has 0 aliphatic carbocycles. The summed E-state index contributed by atoms with van der Waals surface area (Å²) in [6.45, 7) is 2.49. The predicted octanol–water partition coefficient (Wildman–Crippen LogP) is 1.75. The largest absolute Gasteiger partial charge is 0.395 e. The molecule has 2 heterocycles. The van der Waals surface area contributed by atoms with Crippen LogP contribution in [0.5, 0.6) is 0 Å². The van der Waals surface area contributed by atoms with Crippen molar-refractivity contribution in [2.24, 2.45) is 5.41 Å². The van der Waals surface area contributed by atoms with Crippen LogP contribution in [0.3, 0.4) is 0 Å². The van der Waals surface area contributed by atoms with Crippen molar-refractivity contribution in [3.63, 3.8) is 0 Å². The molecule has 1 aromatic carbocycles. The zero-order chi connectivity index (χ0) is 14.7. The standard InChI is InChI=1S/C17H23NO3/c19-13-17(7-10-21-11-8-17)16(20)18-9-3-6-14-4-1-2-5-15(14)12-18/h1-2,4-5,19H,3,6-13H2. The fourth-order valence-corrected chi connectivity index (χ4v) is 3.41. The van der Waals surface area contributed by atoms with Gasteiger partial charge in [-0.25, -0.2) is 0 Å². The molecule has 1 fully saturated rings. The van der Waals surface area contributed by atoms with Crippen molar-refractivity contribution in [3.8, 4) is 0 Å². The topological polar surface area (TPSA) is 49.8 Å². The van der Waals surface area contributed by atoms with Gasteiger partial charge in [-0.3, -0.25) is 4.79 Å². The molecule has 0 spiro atoms. The highest BCUT2D eigenvalue weighted by molar-refractivity contribution is 5.83. The lowest BCUT2D eigenvalue weighted by molar-refractivity contribution is -0.152. The maximum Gasteiger partial charge on any atom is 0.231 e. The number of carbonyl (C=O) groups is 1. The van der Waals surface area contributed by atoms with Crippen LogP contribution in [0.2, 0.25) is 0 Å². The first-order chi connectivity index (χ1) is 10.2. The molecule has 4 nitrogen and oxygen atoms in total. The summed E-state index contributed by atoms with van der Waals surface area (Å²) in [4.78, 5) is 14.9. The Morgan fingerprint density at radius 1 is 1.24 bits per heavy atom. The Morgan fingerprint density at radius 3 is 2.67 bits per heavy atom. The molecule has 2 aliphatic heterocycles. The fourth-order valence-electron chi connectivity index (χ4n) is 3.41. The monoisotopic (exact) mass is 289 g/mol. The van der Waals surface area contributed by atoms with Gasteiger partial charge in [-0.1, -0.05) is 24.3 Å². The molecule has 1 aromatic rings. The fraction of sp³-hybridized carbons (Fsp3) is 0.588. The average molecular weight is 289 g/mol. The number of amides is 1. The number of hydrogen-bond acceptors (Lipinski definition) is 3. The smallest absolute Gasteiger partial charge is 0.231 e. The third-order valence-electron chi connectivity index (χ3n) is 4.85. The quantitative estimate of drug-likeness (QED) is 0.902. The molecule has 114 valence electrons. The van der Waals surface area contributed by atoms with Gasteiger partial charge in [-0.2, -0.15) is 0 Å². The van der Waals surface area contributed by atoms with E-state index in [2.05, 4.69) is 18.2 Å². The number of aliphatic hydroxyl groups is 1. The van der Waals surface area contributed by atoms with E-state index in [1.807, 2.05) is 11.0 Å². The van der Waals surface area contributed by atoms with Gasteiger partial charge in [-0.15, -0.1) is 0 Å². The van der Waals surface area contributed by atoms with Gasteiger partial charge in [0.25, 0.3) is 0 Å². The van der Waals surface area contributed by atoms with Crippen LogP contribution >= 0.6 is 0 Å². The number of nitrogens with zero attached hydrogens (tertiary/aromatic N) is 1. The second kappa shape index (κ2) is 6.16. The molecule has 2 aliphatic rings. The number of rotatable bonds is 2. The molecule has 0 saturated carbocycles. The SMILES string of the molecule is O=C(N1CCCc2ccccc2C1)C1(CO)CCOCC1. The van der Waals surface area contributed by atoms with Crippen molar-refractivity contribution in [2.75, 3.05) is 26.4 Å². The van der Waals surface area contributed by atoms with Crippen molar-refractivity contribution in [3.05, 3.63) is 35.4 Å². The van der Waals surface area contributed by atoms with Crippen LogP contribution in [-0.2, 0) is 22.5 Å². The Morgan fingerprint density at radius 2 is 1.95 bits per heavy atom. The molecular weight excluding hydrogens is 266 g/mol. The van der Waals surface area contributed by atoms with Crippen molar-refractivity contribution in [1.29, 1.82) is 0 Å². The van der Waals surface area contributed by atoms with Crippen LogP contribution in [0.15, 0.2) is 24.3 Å². The van der Waals surface area contributed by atoms with Crippen molar-refractivity contribution in [2.45, 2.75) is 32.2 Å². The highest BCUT2D eigenvalue weighted by Crippen LogP contribution is 2.33. The maximum absolute atomic E-state index is 13.0. The molecule has 1 saturated heterocycles. The van der Waals surface area contributed by atoms with Crippen molar-refractivity contribution >= 4 is 5.91 Å². The van der Waals surface area contributed by atoms with Crippen molar-refractivity contribution < 1.29 is 14.6 Å². The van der Waals surface area contributed by atoms with Crippen LogP contribution in [0.25, 0.3) is 0 Å². The van der Waals surface area contributed by atoms with Gasteiger partial charge in [0.15, 0.2) is 0 Å². The molecule has 0 radical (unpaired) electrons. The zero-order valence-corrected chi connectivity index (χ0v) is 12.4. The summed E-state index contributed by atoms with van der Waals surface area (Å²) in [5.74, 6) is 0.102. The summed E-state index contributed by atoms with van der Waals surface area (Å²) in [5.41, 5.74) is 1.96. The van der Waals surface area contributed by atoms with E-state index >= 15 is 0 Å². The summed E-state index contributed by atoms with van der Waals surface area (Å²) in [5, 5.41) is 9.81. The predicted molar refractivity (Wildman–Crippen MR) is 79.8 cm³/mol. The molecule has 4 heteroatoms. The third-order valence-corrected chi connectivity index (χ3v) is 4.85. The third kappa shape index (κ3) is 2.83. The first-order valence-corrected chi connectivity index (χ1v) is 7.80. The maximum atomic E-state index is 13.0. The normalized spacial score (nSPS) is 21.5. The second-order valence-electron chi connectivity index (χ2n) is 6.15. The number of carbonyl (C=O) groups excluding carboxylic acids is 1. The number of fused-ring (bicyclic) bond motifs is 1.